The van der Waals surface area contributed by atoms with Crippen LogP contribution >= 0.6 is 0 Å². The predicted molar refractivity (Wildman–Crippen MR) is 105 cm³/mol. The van der Waals surface area contributed by atoms with Gasteiger partial charge in [-0.2, -0.15) is 21.6 Å². The number of aliphatic hydroxyl groups excluding tert-OH is 1. The minimum absolute atomic E-state index is 0.0268. The molecular formula is C20H20F3NO6S. The van der Waals surface area contributed by atoms with E-state index in [1.54, 1.807) is 6.07 Å². The van der Waals surface area contributed by atoms with E-state index in [-0.39, 0.29) is 24.8 Å². The van der Waals surface area contributed by atoms with Gasteiger partial charge < -0.3 is 19.1 Å². The van der Waals surface area contributed by atoms with E-state index in [0.717, 1.165) is 30.2 Å². The summed E-state index contributed by atoms with van der Waals surface area (Å²) in [5.74, 6) is -1.19. The highest BCUT2D eigenvalue weighted by molar-refractivity contribution is 7.88. The Morgan fingerprint density at radius 2 is 1.81 bits per heavy atom. The second-order valence-electron chi connectivity index (χ2n) is 7.46. The Balaban J connectivity index is 1.92. The number of hydrogen-bond acceptors (Lipinski definition) is 7. The summed E-state index contributed by atoms with van der Waals surface area (Å²) < 4.78 is 71.2. The molecule has 0 amide bonds. The van der Waals surface area contributed by atoms with Gasteiger partial charge in [0, 0.05) is 23.7 Å². The number of likely N-dealkylation sites (N-methyl/N-ethyl adjacent to an activating group) is 1. The first-order valence-corrected chi connectivity index (χ1v) is 10.9. The van der Waals surface area contributed by atoms with Crippen LogP contribution in [0.15, 0.2) is 24.3 Å². The minimum Gasteiger partial charge on any atom is -0.504 e. The van der Waals surface area contributed by atoms with Gasteiger partial charge in [-0.1, -0.05) is 12.1 Å². The van der Waals surface area contributed by atoms with E-state index in [1.807, 2.05) is 13.1 Å². The molecule has 1 heterocycles. The summed E-state index contributed by atoms with van der Waals surface area (Å²) in [5, 5.41) is 20.0. The third kappa shape index (κ3) is 3.60. The van der Waals surface area contributed by atoms with Gasteiger partial charge in [-0.15, -0.1) is 0 Å². The predicted octanol–water partition coefficient (Wildman–Crippen LogP) is 2.74. The van der Waals surface area contributed by atoms with Crippen LogP contribution in [0.4, 0.5) is 13.2 Å². The van der Waals surface area contributed by atoms with Crippen molar-refractivity contribution in [1.29, 1.82) is 0 Å². The zero-order valence-electron chi connectivity index (χ0n) is 16.4. The number of nitrogens with zero attached hydrogens (tertiary/aromatic N) is 1. The van der Waals surface area contributed by atoms with Crippen LogP contribution in [0.1, 0.15) is 22.7 Å². The van der Waals surface area contributed by atoms with Gasteiger partial charge in [0.15, 0.2) is 11.5 Å². The van der Waals surface area contributed by atoms with Crippen molar-refractivity contribution < 1.29 is 40.7 Å². The van der Waals surface area contributed by atoms with Gasteiger partial charge in [0.1, 0.15) is 12.4 Å². The molecule has 11 heteroatoms. The first-order valence-electron chi connectivity index (χ1n) is 9.50. The molecule has 1 atom stereocenters. The number of phenols is 1. The first kappa shape index (κ1) is 21.7. The molecule has 0 bridgehead atoms. The number of alkyl halides is 3. The lowest BCUT2D eigenvalue weighted by molar-refractivity contribution is -0.0500. The maximum absolute atomic E-state index is 12.8. The monoisotopic (exact) mass is 459 g/mol. The van der Waals surface area contributed by atoms with Gasteiger partial charge in [-0.3, -0.25) is 4.90 Å². The summed E-state index contributed by atoms with van der Waals surface area (Å²) in [7, 11) is -4.00. The van der Waals surface area contributed by atoms with E-state index in [4.69, 9.17) is 9.84 Å². The Labute approximate surface area is 176 Å². The topological polar surface area (TPSA) is 96.3 Å². The van der Waals surface area contributed by atoms with E-state index in [0.29, 0.717) is 23.3 Å². The quantitative estimate of drug-likeness (QED) is 0.524. The number of benzene rings is 2. The summed E-state index contributed by atoms with van der Waals surface area (Å²) in [6.45, 7) is 0.521. The number of hydrogen-bond donors (Lipinski definition) is 2. The van der Waals surface area contributed by atoms with Crippen molar-refractivity contribution in [2.24, 2.45) is 0 Å². The van der Waals surface area contributed by atoms with Crippen LogP contribution in [-0.2, 0) is 23.0 Å². The zero-order valence-corrected chi connectivity index (χ0v) is 17.3. The molecule has 0 unspecified atom stereocenters. The summed E-state index contributed by atoms with van der Waals surface area (Å²) in [6.07, 6.45) is 1.19. The third-order valence-electron chi connectivity index (χ3n) is 5.62. The highest BCUT2D eigenvalue weighted by Gasteiger charge is 2.49. The number of fused-ring (bicyclic) bond motifs is 2. The second-order valence-corrected chi connectivity index (χ2v) is 9.00. The molecule has 2 aromatic carbocycles. The third-order valence-corrected chi connectivity index (χ3v) is 6.58. The van der Waals surface area contributed by atoms with Crippen LogP contribution < -0.4 is 8.92 Å². The van der Waals surface area contributed by atoms with Crippen molar-refractivity contribution in [1.82, 2.24) is 4.90 Å². The smallest absolute Gasteiger partial charge is 0.504 e. The molecule has 168 valence electrons. The Morgan fingerprint density at radius 3 is 2.48 bits per heavy atom. The number of ether oxygens (including phenoxy) is 1. The second kappa shape index (κ2) is 7.57. The highest BCUT2D eigenvalue weighted by Crippen LogP contribution is 2.54. The van der Waals surface area contributed by atoms with E-state index in [2.05, 4.69) is 9.08 Å². The minimum atomic E-state index is -5.96. The number of aromatic hydroxyl groups is 1. The fourth-order valence-electron chi connectivity index (χ4n) is 4.21. The fraction of sp³-hybridized carbons (Fsp3) is 0.400. The molecule has 0 spiro atoms. The van der Waals surface area contributed by atoms with Crippen LogP contribution in [0.5, 0.6) is 17.2 Å². The van der Waals surface area contributed by atoms with Crippen molar-refractivity contribution >= 4 is 10.1 Å². The van der Waals surface area contributed by atoms with E-state index >= 15 is 0 Å². The lowest BCUT2D eigenvalue weighted by Gasteiger charge is -2.40. The molecule has 2 aromatic rings. The SMILES string of the molecule is CN1CCc2ccc(OCCO)c3c2[C@H]1Cc1ccc(OS(=O)(=O)C(F)(F)F)c(O)c1-3. The molecule has 2 N–H and O–H groups in total. The van der Waals surface area contributed by atoms with Crippen molar-refractivity contribution in [2.45, 2.75) is 24.4 Å². The molecule has 0 saturated carbocycles. The average molecular weight is 459 g/mol. The maximum Gasteiger partial charge on any atom is 0.534 e. The fourth-order valence-corrected chi connectivity index (χ4v) is 4.68. The van der Waals surface area contributed by atoms with Crippen LogP contribution in [0, 0.1) is 0 Å². The number of halogens is 3. The number of phenolic OH excluding ortho intramolecular Hbond substituents is 1. The Bertz CT molecular complexity index is 1130. The molecular weight excluding hydrogens is 439 g/mol. The normalized spacial score (nSPS) is 18.3. The van der Waals surface area contributed by atoms with E-state index in [9.17, 15) is 26.7 Å². The van der Waals surface area contributed by atoms with Crippen molar-refractivity contribution in [2.75, 3.05) is 26.8 Å². The molecule has 0 fully saturated rings. The molecule has 1 aliphatic carbocycles. The molecule has 4 rings (SSSR count). The Morgan fingerprint density at radius 1 is 1.13 bits per heavy atom. The molecule has 7 nitrogen and oxygen atoms in total. The average Bonchev–Trinajstić information content (AvgIpc) is 2.70. The van der Waals surface area contributed by atoms with Gasteiger partial charge in [-0.25, -0.2) is 0 Å². The van der Waals surface area contributed by atoms with Crippen LogP contribution in [0.25, 0.3) is 11.1 Å². The van der Waals surface area contributed by atoms with Gasteiger partial charge >= 0.3 is 15.6 Å². The number of aliphatic hydroxyl groups is 1. The van der Waals surface area contributed by atoms with Crippen LogP contribution in [0.2, 0.25) is 0 Å². The first-order chi connectivity index (χ1) is 14.5. The van der Waals surface area contributed by atoms with Gasteiger partial charge in [0.2, 0.25) is 0 Å². The van der Waals surface area contributed by atoms with Gasteiger partial charge in [-0.05, 0) is 48.7 Å². The van der Waals surface area contributed by atoms with Crippen LogP contribution in [0.3, 0.4) is 0 Å². The maximum atomic E-state index is 12.8. The summed E-state index contributed by atoms with van der Waals surface area (Å²) in [6, 6.07) is 5.99. The Kier molecular flexibility index (Phi) is 5.31. The van der Waals surface area contributed by atoms with E-state index in [1.165, 1.54) is 6.07 Å². The molecule has 0 saturated heterocycles. The standard InChI is InChI=1S/C20H20F3NO6S/c1-24-7-6-11-2-4-14(29-9-8-25)18-16(11)13(24)10-12-3-5-15(19(26)17(12)18)30-31(27,28)20(21,22)23/h2-5,13,25-26H,6-10H2,1H3/t13-/m1/s1. The van der Waals surface area contributed by atoms with Crippen molar-refractivity contribution in [3.8, 4) is 28.4 Å². The highest BCUT2D eigenvalue weighted by atomic mass is 32.2. The molecule has 0 radical (unpaired) electrons. The summed E-state index contributed by atoms with van der Waals surface area (Å²) in [5.41, 5.74) is -2.50. The molecule has 31 heavy (non-hydrogen) atoms. The lowest BCUT2D eigenvalue weighted by atomic mass is 9.76. The van der Waals surface area contributed by atoms with Crippen LogP contribution in [-0.4, -0.2) is 55.8 Å². The zero-order chi connectivity index (χ0) is 22.6. The summed E-state index contributed by atoms with van der Waals surface area (Å²) >= 11 is 0. The molecule has 2 aliphatic rings. The largest absolute Gasteiger partial charge is 0.534 e. The number of rotatable bonds is 5. The van der Waals surface area contributed by atoms with Crippen molar-refractivity contribution in [3.05, 3.63) is 41.0 Å². The molecule has 1 aliphatic heterocycles. The van der Waals surface area contributed by atoms with E-state index < -0.39 is 27.1 Å². The Hall–Kier alpha value is -2.50. The lowest BCUT2D eigenvalue weighted by Crippen LogP contribution is -2.35. The van der Waals surface area contributed by atoms with Crippen molar-refractivity contribution in [3.63, 3.8) is 0 Å². The van der Waals surface area contributed by atoms with Gasteiger partial charge in [0.25, 0.3) is 0 Å². The molecule has 0 aromatic heterocycles. The summed E-state index contributed by atoms with van der Waals surface area (Å²) in [4.78, 5) is 2.14. The van der Waals surface area contributed by atoms with Gasteiger partial charge in [0.05, 0.1) is 6.61 Å².